The summed E-state index contributed by atoms with van der Waals surface area (Å²) >= 11 is 0. The third-order valence-corrected chi connectivity index (χ3v) is 4.00. The third-order valence-electron chi connectivity index (χ3n) is 4.00. The molecule has 0 aromatic heterocycles. The van der Waals surface area contributed by atoms with Crippen molar-refractivity contribution >= 4 is 17.6 Å². The van der Waals surface area contributed by atoms with E-state index < -0.39 is 0 Å². The molecular formula is C15H20N4O2. The van der Waals surface area contributed by atoms with Crippen molar-refractivity contribution in [3.05, 3.63) is 29.8 Å². The van der Waals surface area contributed by atoms with Crippen LogP contribution in [0.4, 0.5) is 10.5 Å². The highest BCUT2D eigenvalue weighted by molar-refractivity contribution is 5.98. The van der Waals surface area contributed by atoms with Crippen LogP contribution in [0.1, 0.15) is 23.2 Å². The van der Waals surface area contributed by atoms with Gasteiger partial charge in [-0.1, -0.05) is 6.07 Å². The number of amides is 3. The lowest BCUT2D eigenvalue weighted by Crippen LogP contribution is -2.46. The van der Waals surface area contributed by atoms with Crippen LogP contribution in [0.25, 0.3) is 0 Å². The maximum Gasteiger partial charge on any atom is 0.321 e. The molecule has 1 atom stereocenters. The molecule has 0 saturated carbocycles. The van der Waals surface area contributed by atoms with E-state index in [-0.39, 0.29) is 18.0 Å². The Labute approximate surface area is 123 Å². The van der Waals surface area contributed by atoms with E-state index in [1.54, 1.807) is 21.9 Å². The van der Waals surface area contributed by atoms with Gasteiger partial charge in [-0.05, 0) is 31.0 Å². The van der Waals surface area contributed by atoms with E-state index in [1.807, 2.05) is 12.1 Å². The molecule has 112 valence electrons. The van der Waals surface area contributed by atoms with Crippen molar-refractivity contribution in [2.75, 3.05) is 31.1 Å². The summed E-state index contributed by atoms with van der Waals surface area (Å²) in [6.07, 6.45) is 1.75. The SMILES string of the molecule is N[C@@H]1CCN(C(=O)c2cccc(N3CCCNC3=O)c2)C1. The minimum atomic E-state index is -0.103. The second-order valence-corrected chi connectivity index (χ2v) is 5.59. The van der Waals surface area contributed by atoms with E-state index in [4.69, 9.17) is 5.73 Å². The number of hydrogen-bond donors (Lipinski definition) is 2. The highest BCUT2D eigenvalue weighted by atomic mass is 16.2. The summed E-state index contributed by atoms with van der Waals surface area (Å²) in [5, 5.41) is 2.82. The van der Waals surface area contributed by atoms with Crippen LogP contribution in [0.3, 0.4) is 0 Å². The number of anilines is 1. The summed E-state index contributed by atoms with van der Waals surface area (Å²) < 4.78 is 0. The van der Waals surface area contributed by atoms with Gasteiger partial charge in [0.05, 0.1) is 0 Å². The van der Waals surface area contributed by atoms with E-state index >= 15 is 0 Å². The molecule has 1 aromatic rings. The van der Waals surface area contributed by atoms with Crippen molar-refractivity contribution in [1.29, 1.82) is 0 Å². The van der Waals surface area contributed by atoms with Crippen LogP contribution in [-0.4, -0.2) is 49.1 Å². The molecule has 0 spiro atoms. The zero-order chi connectivity index (χ0) is 14.8. The summed E-state index contributed by atoms with van der Waals surface area (Å²) in [7, 11) is 0. The molecule has 3 N–H and O–H groups in total. The normalized spacial score (nSPS) is 22.3. The number of carbonyl (C=O) groups is 2. The molecule has 2 saturated heterocycles. The molecule has 2 aliphatic heterocycles. The number of nitrogens with two attached hydrogens (primary N) is 1. The average Bonchev–Trinajstić information content (AvgIpc) is 2.94. The van der Waals surface area contributed by atoms with Gasteiger partial charge in [-0.15, -0.1) is 0 Å². The zero-order valence-corrected chi connectivity index (χ0v) is 11.9. The molecule has 2 heterocycles. The molecule has 6 heteroatoms. The first-order valence-corrected chi connectivity index (χ1v) is 7.35. The maximum atomic E-state index is 12.5. The van der Waals surface area contributed by atoms with Gasteiger partial charge in [0.1, 0.15) is 0 Å². The van der Waals surface area contributed by atoms with Crippen molar-refractivity contribution in [1.82, 2.24) is 10.2 Å². The molecule has 3 amide bonds. The second-order valence-electron chi connectivity index (χ2n) is 5.59. The molecule has 0 radical (unpaired) electrons. The quantitative estimate of drug-likeness (QED) is 0.844. The number of hydrogen-bond acceptors (Lipinski definition) is 3. The summed E-state index contributed by atoms with van der Waals surface area (Å²) in [6.45, 7) is 2.69. The lowest BCUT2D eigenvalue weighted by atomic mass is 10.1. The van der Waals surface area contributed by atoms with Gasteiger partial charge < -0.3 is 16.0 Å². The van der Waals surface area contributed by atoms with Crippen LogP contribution in [0.2, 0.25) is 0 Å². The van der Waals surface area contributed by atoms with Gasteiger partial charge in [-0.2, -0.15) is 0 Å². The molecule has 0 bridgehead atoms. The first-order chi connectivity index (χ1) is 10.1. The Morgan fingerprint density at radius 2 is 2.19 bits per heavy atom. The number of nitrogens with one attached hydrogen (secondary N) is 1. The summed E-state index contributed by atoms with van der Waals surface area (Å²) in [4.78, 5) is 27.8. The number of benzene rings is 1. The Morgan fingerprint density at radius 1 is 1.33 bits per heavy atom. The van der Waals surface area contributed by atoms with E-state index in [0.29, 0.717) is 31.7 Å². The van der Waals surface area contributed by atoms with Crippen LogP contribution in [0.5, 0.6) is 0 Å². The molecule has 0 unspecified atom stereocenters. The molecule has 2 aliphatic rings. The van der Waals surface area contributed by atoms with Crippen LogP contribution in [0.15, 0.2) is 24.3 Å². The first-order valence-electron chi connectivity index (χ1n) is 7.35. The Morgan fingerprint density at radius 3 is 2.90 bits per heavy atom. The van der Waals surface area contributed by atoms with Crippen molar-refractivity contribution in [2.45, 2.75) is 18.9 Å². The van der Waals surface area contributed by atoms with Gasteiger partial charge in [0.25, 0.3) is 5.91 Å². The highest BCUT2D eigenvalue weighted by Gasteiger charge is 2.25. The van der Waals surface area contributed by atoms with Gasteiger partial charge in [-0.25, -0.2) is 4.79 Å². The van der Waals surface area contributed by atoms with Crippen molar-refractivity contribution < 1.29 is 9.59 Å². The van der Waals surface area contributed by atoms with Gasteiger partial charge in [-0.3, -0.25) is 9.69 Å². The average molecular weight is 288 g/mol. The van der Waals surface area contributed by atoms with E-state index in [1.165, 1.54) is 0 Å². The van der Waals surface area contributed by atoms with Crippen molar-refractivity contribution in [3.63, 3.8) is 0 Å². The lowest BCUT2D eigenvalue weighted by molar-refractivity contribution is 0.0791. The number of rotatable bonds is 2. The Balaban J connectivity index is 1.79. The van der Waals surface area contributed by atoms with Crippen LogP contribution in [0, 0.1) is 0 Å². The molecule has 21 heavy (non-hydrogen) atoms. The highest BCUT2D eigenvalue weighted by Crippen LogP contribution is 2.20. The first kappa shape index (κ1) is 13.9. The van der Waals surface area contributed by atoms with Crippen LogP contribution >= 0.6 is 0 Å². The second kappa shape index (κ2) is 5.73. The molecular weight excluding hydrogens is 268 g/mol. The molecule has 1 aromatic carbocycles. The summed E-state index contributed by atoms with van der Waals surface area (Å²) in [5.41, 5.74) is 7.23. The predicted octanol–water partition coefficient (Wildman–Crippen LogP) is 0.779. The standard InChI is InChI=1S/C15H20N4O2/c16-12-5-8-18(10-12)14(20)11-3-1-4-13(9-11)19-7-2-6-17-15(19)21/h1,3-4,9,12H,2,5-8,10,16H2,(H,17,21)/t12-/m1/s1. The number of nitrogens with zero attached hydrogens (tertiary/aromatic N) is 2. The fourth-order valence-corrected chi connectivity index (χ4v) is 2.84. The van der Waals surface area contributed by atoms with Crippen LogP contribution in [-0.2, 0) is 0 Å². The Kier molecular flexibility index (Phi) is 3.79. The monoisotopic (exact) mass is 288 g/mol. The fraction of sp³-hybridized carbons (Fsp3) is 0.467. The van der Waals surface area contributed by atoms with E-state index in [9.17, 15) is 9.59 Å². The minimum Gasteiger partial charge on any atom is -0.338 e. The van der Waals surface area contributed by atoms with Crippen molar-refractivity contribution in [2.24, 2.45) is 5.73 Å². The maximum absolute atomic E-state index is 12.5. The number of urea groups is 1. The molecule has 0 aliphatic carbocycles. The Bertz CT molecular complexity index is 560. The van der Waals surface area contributed by atoms with E-state index in [0.717, 1.165) is 18.5 Å². The van der Waals surface area contributed by atoms with E-state index in [2.05, 4.69) is 5.32 Å². The number of likely N-dealkylation sites (tertiary alicyclic amines) is 1. The zero-order valence-electron chi connectivity index (χ0n) is 11.9. The van der Waals surface area contributed by atoms with Gasteiger partial charge in [0.2, 0.25) is 0 Å². The fourth-order valence-electron chi connectivity index (χ4n) is 2.84. The molecule has 6 nitrogen and oxygen atoms in total. The largest absolute Gasteiger partial charge is 0.338 e. The molecule has 3 rings (SSSR count). The topological polar surface area (TPSA) is 78.7 Å². The smallest absolute Gasteiger partial charge is 0.321 e. The summed E-state index contributed by atoms with van der Waals surface area (Å²) in [5.74, 6) is -0.0118. The lowest BCUT2D eigenvalue weighted by Gasteiger charge is -2.28. The predicted molar refractivity (Wildman–Crippen MR) is 80.3 cm³/mol. The summed E-state index contributed by atoms with van der Waals surface area (Å²) in [6, 6.07) is 7.23. The van der Waals surface area contributed by atoms with Gasteiger partial charge in [0, 0.05) is 43.5 Å². The third kappa shape index (κ3) is 2.85. The molecule has 2 fully saturated rings. The Hall–Kier alpha value is -2.08. The number of carbonyl (C=O) groups excluding carboxylic acids is 2. The minimum absolute atomic E-state index is 0.0118. The van der Waals surface area contributed by atoms with Gasteiger partial charge >= 0.3 is 6.03 Å². The van der Waals surface area contributed by atoms with Gasteiger partial charge in [0.15, 0.2) is 0 Å². The van der Waals surface area contributed by atoms with Crippen LogP contribution < -0.4 is 16.0 Å². The van der Waals surface area contributed by atoms with Crippen molar-refractivity contribution in [3.8, 4) is 0 Å².